The molecule has 0 saturated carbocycles. The zero-order chi connectivity index (χ0) is 17.9. The number of imidazole rings is 1. The van der Waals surface area contributed by atoms with Crippen LogP contribution < -0.4 is 15.8 Å². The number of nitrogens with two attached hydrogens (primary N) is 1. The summed E-state index contributed by atoms with van der Waals surface area (Å²) in [5.41, 5.74) is 7.80. The molecule has 1 amide bonds. The van der Waals surface area contributed by atoms with Crippen LogP contribution in [0.5, 0.6) is 5.75 Å². The van der Waals surface area contributed by atoms with E-state index in [9.17, 15) is 4.79 Å². The fourth-order valence-corrected chi connectivity index (χ4v) is 4.05. The zero-order valence-corrected chi connectivity index (χ0v) is 14.9. The molecule has 7 nitrogen and oxygen atoms in total. The maximum atomic E-state index is 12.0. The van der Waals surface area contributed by atoms with Crippen LogP contribution in [0, 0.1) is 0 Å². The Hall–Kier alpha value is -2.87. The van der Waals surface area contributed by atoms with Crippen molar-refractivity contribution in [3.05, 3.63) is 59.1 Å². The van der Waals surface area contributed by atoms with Crippen LogP contribution >= 0.6 is 11.3 Å². The van der Waals surface area contributed by atoms with Gasteiger partial charge in [-0.1, -0.05) is 12.1 Å². The molecule has 3 heterocycles. The average molecular weight is 369 g/mol. The molecule has 4 rings (SSSR count). The summed E-state index contributed by atoms with van der Waals surface area (Å²) in [6, 6.07) is 7.90. The molecule has 0 spiro atoms. The number of carbonyl (C=O) groups is 1. The number of nitrogens with zero attached hydrogens (tertiary/aromatic N) is 3. The maximum absolute atomic E-state index is 12.0. The van der Waals surface area contributed by atoms with Gasteiger partial charge >= 0.3 is 0 Å². The van der Waals surface area contributed by atoms with Gasteiger partial charge in [0.05, 0.1) is 25.1 Å². The highest BCUT2D eigenvalue weighted by atomic mass is 32.1. The molecule has 2 aromatic heterocycles. The molecular formula is C18H19N5O2S. The predicted octanol–water partition coefficient (Wildman–Crippen LogP) is 2.15. The van der Waals surface area contributed by atoms with Crippen molar-refractivity contribution in [3.63, 3.8) is 0 Å². The van der Waals surface area contributed by atoms with Gasteiger partial charge in [-0.05, 0) is 17.7 Å². The Bertz CT molecular complexity index is 889. The Morgan fingerprint density at radius 2 is 2.19 bits per heavy atom. The van der Waals surface area contributed by atoms with Crippen LogP contribution in [0.2, 0.25) is 0 Å². The quantitative estimate of drug-likeness (QED) is 0.719. The number of carbonyl (C=O) groups excluding carboxylic acids is 1. The molecule has 8 heteroatoms. The molecular weight excluding hydrogens is 350 g/mol. The fourth-order valence-electron chi connectivity index (χ4n) is 3.07. The number of hydrogen-bond acceptors (Lipinski definition) is 6. The minimum absolute atomic E-state index is 0.0256. The number of thiazole rings is 1. The number of amides is 1. The minimum Gasteiger partial charge on any atom is -0.492 e. The minimum atomic E-state index is -0.0256. The normalized spacial score (nSPS) is 16.6. The second kappa shape index (κ2) is 7.17. The number of anilines is 1. The standard InChI is InChI=1S/C18H19N5O2S/c19-18-22-15-10-21-16(24)9-14(17(15)26-18)12-1-3-13(4-2-12)25-8-7-23-6-5-20-11-23/h1-6,11,14H,7-10H2,(H2,19,22)(H,21,24)/t14-/m0/s1. The first-order chi connectivity index (χ1) is 12.7. The van der Waals surface area contributed by atoms with Crippen LogP contribution in [-0.4, -0.2) is 27.0 Å². The zero-order valence-electron chi connectivity index (χ0n) is 14.1. The van der Waals surface area contributed by atoms with E-state index in [-0.39, 0.29) is 11.8 Å². The molecule has 1 aliphatic heterocycles. The average Bonchev–Trinajstić information content (AvgIpc) is 3.25. The highest BCUT2D eigenvalue weighted by Gasteiger charge is 2.27. The lowest BCUT2D eigenvalue weighted by molar-refractivity contribution is -0.121. The summed E-state index contributed by atoms with van der Waals surface area (Å²) in [5, 5.41) is 3.42. The predicted molar refractivity (Wildman–Crippen MR) is 99.0 cm³/mol. The molecule has 0 unspecified atom stereocenters. The Morgan fingerprint density at radius 1 is 1.35 bits per heavy atom. The van der Waals surface area contributed by atoms with E-state index in [1.165, 1.54) is 11.3 Å². The van der Waals surface area contributed by atoms with E-state index in [1.807, 2.05) is 35.0 Å². The highest BCUT2D eigenvalue weighted by Crippen LogP contribution is 2.37. The van der Waals surface area contributed by atoms with Gasteiger partial charge in [0, 0.05) is 29.6 Å². The first-order valence-electron chi connectivity index (χ1n) is 8.39. The van der Waals surface area contributed by atoms with Gasteiger partial charge in [0.25, 0.3) is 0 Å². The molecule has 0 saturated heterocycles. The van der Waals surface area contributed by atoms with Crippen LogP contribution in [0.3, 0.4) is 0 Å². The molecule has 0 fully saturated rings. The lowest BCUT2D eigenvalue weighted by Gasteiger charge is -2.14. The number of nitrogen functional groups attached to an aromatic ring is 1. The molecule has 0 radical (unpaired) electrons. The Balaban J connectivity index is 1.47. The van der Waals surface area contributed by atoms with Gasteiger partial charge < -0.3 is 20.4 Å². The lowest BCUT2D eigenvalue weighted by atomic mass is 9.93. The van der Waals surface area contributed by atoms with Crippen molar-refractivity contribution in [1.82, 2.24) is 19.9 Å². The lowest BCUT2D eigenvalue weighted by Crippen LogP contribution is -2.21. The second-order valence-corrected chi connectivity index (χ2v) is 7.18. The molecule has 1 atom stereocenters. The van der Waals surface area contributed by atoms with Crippen LogP contribution in [0.1, 0.15) is 28.5 Å². The van der Waals surface area contributed by atoms with E-state index < -0.39 is 0 Å². The molecule has 0 bridgehead atoms. The van der Waals surface area contributed by atoms with Gasteiger partial charge in [0.1, 0.15) is 12.4 Å². The monoisotopic (exact) mass is 369 g/mol. The molecule has 1 aromatic carbocycles. The van der Waals surface area contributed by atoms with E-state index in [2.05, 4.69) is 15.3 Å². The van der Waals surface area contributed by atoms with Crippen LogP contribution in [0.15, 0.2) is 43.0 Å². The number of fused-ring (bicyclic) bond motifs is 1. The first-order valence-corrected chi connectivity index (χ1v) is 9.21. The third kappa shape index (κ3) is 3.55. The van der Waals surface area contributed by atoms with E-state index in [4.69, 9.17) is 10.5 Å². The van der Waals surface area contributed by atoms with E-state index in [0.29, 0.717) is 24.7 Å². The molecule has 3 N–H and O–H groups in total. The van der Waals surface area contributed by atoms with Crippen molar-refractivity contribution in [1.29, 1.82) is 0 Å². The summed E-state index contributed by atoms with van der Waals surface area (Å²) >= 11 is 1.46. The van der Waals surface area contributed by atoms with Crippen LogP contribution in [0.4, 0.5) is 5.13 Å². The molecule has 1 aliphatic rings. The summed E-state index contributed by atoms with van der Waals surface area (Å²) in [5.74, 6) is 0.803. The number of ether oxygens (including phenoxy) is 1. The topological polar surface area (TPSA) is 95.1 Å². The van der Waals surface area contributed by atoms with Gasteiger partial charge in [-0.3, -0.25) is 4.79 Å². The van der Waals surface area contributed by atoms with E-state index >= 15 is 0 Å². The summed E-state index contributed by atoms with van der Waals surface area (Å²) in [6.07, 6.45) is 5.82. The Morgan fingerprint density at radius 3 is 2.96 bits per heavy atom. The smallest absolute Gasteiger partial charge is 0.221 e. The van der Waals surface area contributed by atoms with E-state index in [1.54, 1.807) is 12.5 Å². The van der Waals surface area contributed by atoms with Crippen molar-refractivity contribution in [2.75, 3.05) is 12.3 Å². The van der Waals surface area contributed by atoms with Crippen LogP contribution in [0.25, 0.3) is 0 Å². The van der Waals surface area contributed by atoms with Crippen molar-refractivity contribution in [2.24, 2.45) is 0 Å². The molecule has 3 aromatic rings. The number of aromatic nitrogens is 3. The third-order valence-corrected chi connectivity index (χ3v) is 5.40. The molecule has 134 valence electrons. The van der Waals surface area contributed by atoms with E-state index in [0.717, 1.165) is 28.4 Å². The summed E-state index contributed by atoms with van der Waals surface area (Å²) < 4.78 is 7.75. The summed E-state index contributed by atoms with van der Waals surface area (Å²) in [7, 11) is 0. The van der Waals surface area contributed by atoms with Gasteiger partial charge in [-0.25, -0.2) is 9.97 Å². The number of hydrogen-bond donors (Lipinski definition) is 2. The summed E-state index contributed by atoms with van der Waals surface area (Å²) in [4.78, 5) is 21.5. The Kier molecular flexibility index (Phi) is 4.57. The van der Waals surface area contributed by atoms with Crippen molar-refractivity contribution in [3.8, 4) is 5.75 Å². The van der Waals surface area contributed by atoms with Gasteiger partial charge in [0.2, 0.25) is 5.91 Å². The van der Waals surface area contributed by atoms with Gasteiger partial charge in [-0.15, -0.1) is 11.3 Å². The highest BCUT2D eigenvalue weighted by molar-refractivity contribution is 7.15. The van der Waals surface area contributed by atoms with Crippen molar-refractivity contribution < 1.29 is 9.53 Å². The van der Waals surface area contributed by atoms with Crippen molar-refractivity contribution >= 4 is 22.4 Å². The number of nitrogens with one attached hydrogen (secondary N) is 1. The van der Waals surface area contributed by atoms with Gasteiger partial charge in [-0.2, -0.15) is 0 Å². The Labute approximate surface area is 154 Å². The second-order valence-electron chi connectivity index (χ2n) is 6.11. The maximum Gasteiger partial charge on any atom is 0.221 e. The summed E-state index contributed by atoms with van der Waals surface area (Å²) in [6.45, 7) is 1.75. The van der Waals surface area contributed by atoms with Gasteiger partial charge in [0.15, 0.2) is 5.13 Å². The third-order valence-electron chi connectivity index (χ3n) is 4.36. The number of rotatable bonds is 5. The van der Waals surface area contributed by atoms with Crippen LogP contribution in [-0.2, 0) is 17.9 Å². The van der Waals surface area contributed by atoms with Crippen molar-refractivity contribution in [2.45, 2.75) is 25.4 Å². The largest absolute Gasteiger partial charge is 0.492 e. The molecule has 0 aliphatic carbocycles. The fraction of sp³-hybridized carbons (Fsp3) is 0.278. The SMILES string of the molecule is Nc1nc2c(s1)[C@H](c1ccc(OCCn3ccnc3)cc1)CC(=O)NC2. The first kappa shape index (κ1) is 16.6. The number of benzene rings is 1. The molecule has 26 heavy (non-hydrogen) atoms.